The third-order valence-electron chi connectivity index (χ3n) is 16.0. The number of piperidine rings is 1. The molecule has 0 bridgehead atoms. The van der Waals surface area contributed by atoms with Crippen LogP contribution in [-0.2, 0) is 48.1 Å². The number of carbonyl (C=O) groups excluding carboxylic acids is 7. The number of anilines is 1. The summed E-state index contributed by atoms with van der Waals surface area (Å²) >= 11 is 0. The molecule has 2 aromatic carbocycles. The van der Waals surface area contributed by atoms with Crippen molar-refractivity contribution in [2.75, 3.05) is 45.2 Å². The lowest BCUT2D eigenvalue weighted by atomic mass is 9.87. The van der Waals surface area contributed by atoms with Gasteiger partial charge in [-0.2, -0.15) is 20.4 Å². The summed E-state index contributed by atoms with van der Waals surface area (Å²) in [7, 11) is 1.19. The molecular formula is C56H68F3N13O8. The summed E-state index contributed by atoms with van der Waals surface area (Å²) in [6.45, 7) is 4.14. The molecule has 5 amide bonds. The highest BCUT2D eigenvalue weighted by Gasteiger charge is 2.78. The van der Waals surface area contributed by atoms with E-state index in [-0.39, 0.29) is 74.4 Å². The van der Waals surface area contributed by atoms with Crippen molar-refractivity contribution in [3.8, 4) is 11.1 Å². The monoisotopic (exact) mass is 1110 g/mol. The predicted molar refractivity (Wildman–Crippen MR) is 288 cm³/mol. The maximum atomic E-state index is 15.8. The van der Waals surface area contributed by atoms with Crippen LogP contribution in [-0.4, -0.2) is 132 Å². The molecule has 5 N–H and O–H groups in total. The number of likely N-dealkylation sites (tertiary alicyclic amines) is 1. The summed E-state index contributed by atoms with van der Waals surface area (Å²) in [5.41, 5.74) is 2.83. The number of aromatic nitrogens is 8. The zero-order chi connectivity index (χ0) is 56.7. The highest BCUT2D eigenvalue weighted by atomic mass is 19.3. The molecule has 0 unspecified atom stereocenters. The van der Waals surface area contributed by atoms with Crippen LogP contribution in [0.15, 0.2) is 48.9 Å². The summed E-state index contributed by atoms with van der Waals surface area (Å²) in [5, 5.41) is 31.7. The molecule has 21 nitrogen and oxygen atoms in total. The Bertz CT molecular complexity index is 3300. The number of H-pyrrole nitrogens is 1. The topological polar surface area (TPSA) is 262 Å². The van der Waals surface area contributed by atoms with Gasteiger partial charge in [-0.05, 0) is 62.8 Å². The Hall–Kier alpha value is -7.92. The number of hydrogen-bond donors (Lipinski definition) is 5. The van der Waals surface area contributed by atoms with E-state index in [0.717, 1.165) is 70.6 Å². The van der Waals surface area contributed by atoms with Gasteiger partial charge in [-0.15, -0.1) is 0 Å². The third kappa shape index (κ3) is 12.6. The fourth-order valence-corrected chi connectivity index (χ4v) is 11.3. The number of ether oxygens (including phenoxy) is 1. The van der Waals surface area contributed by atoms with E-state index in [1.165, 1.54) is 28.7 Å². The second kappa shape index (κ2) is 24.6. The van der Waals surface area contributed by atoms with Gasteiger partial charge in [0.15, 0.2) is 5.69 Å². The lowest BCUT2D eigenvalue weighted by molar-refractivity contribution is -0.141. The van der Waals surface area contributed by atoms with Gasteiger partial charge in [0, 0.05) is 90.4 Å². The molecule has 24 heteroatoms. The van der Waals surface area contributed by atoms with Crippen molar-refractivity contribution in [2.24, 2.45) is 11.3 Å². The number of nitrogens with zero attached hydrogens (tertiary/aromatic N) is 8. The van der Waals surface area contributed by atoms with E-state index in [9.17, 15) is 42.3 Å². The summed E-state index contributed by atoms with van der Waals surface area (Å²) < 4.78 is 53.5. The van der Waals surface area contributed by atoms with E-state index in [1.807, 2.05) is 9.58 Å². The van der Waals surface area contributed by atoms with Gasteiger partial charge in [-0.1, -0.05) is 64.0 Å². The Morgan fingerprint density at radius 3 is 2.27 bits per heavy atom. The molecule has 1 aliphatic heterocycles. The number of esters is 1. The second-order valence-electron chi connectivity index (χ2n) is 21.5. The van der Waals surface area contributed by atoms with Crippen LogP contribution < -0.4 is 21.3 Å². The number of amides is 5. The van der Waals surface area contributed by atoms with Crippen molar-refractivity contribution in [3.63, 3.8) is 0 Å². The van der Waals surface area contributed by atoms with Crippen molar-refractivity contribution < 1.29 is 51.5 Å². The van der Waals surface area contributed by atoms with Gasteiger partial charge in [-0.3, -0.25) is 48.0 Å². The number of rotatable bonds is 25. The number of aryl methyl sites for hydroxylation is 1. The average molecular weight is 1110 g/mol. The molecule has 0 radical (unpaired) electrons. The standard InChI is InChI=1S/C56H68F3N13O8/c1-34-52-38(14-13-15-43(52)71(68-34)33-48(75)61-30-47(74)62-31-51(78)80-3)39-25-44-35(24-41(39)57)28-64-72(44)50(77)18-17-46(73)60-21-12-10-8-6-4-5-7-9-11-16-49(76)69-22-19-37(20-23-69)70-32-36(29-63-70)65-54(79)53-40-26-45-55(2,56(45,58)59)27-42(40)66-67-53/h13-15,24-25,28-29,32,37,45H,4-12,16-23,26-27,30-31,33H2,1-3H3,(H,60,73)(H,61,75)(H,62,74)(H,65,79)(H,66,67)/t45-,55+/m1/s1. The lowest BCUT2D eigenvalue weighted by Gasteiger charge is -2.32. The van der Waals surface area contributed by atoms with Gasteiger partial charge in [0.2, 0.25) is 29.5 Å². The predicted octanol–water partition coefficient (Wildman–Crippen LogP) is 6.75. The highest BCUT2D eigenvalue weighted by molar-refractivity contribution is 6.04. The number of benzene rings is 2. The highest BCUT2D eigenvalue weighted by Crippen LogP contribution is 2.70. The molecule has 4 aromatic heterocycles. The molecule has 426 valence electrons. The van der Waals surface area contributed by atoms with Crippen LogP contribution in [0.5, 0.6) is 0 Å². The first-order chi connectivity index (χ1) is 38.4. The van der Waals surface area contributed by atoms with Gasteiger partial charge in [0.05, 0.1) is 54.5 Å². The van der Waals surface area contributed by atoms with Gasteiger partial charge in [-0.25, -0.2) is 17.9 Å². The zero-order valence-electron chi connectivity index (χ0n) is 45.3. The second-order valence-corrected chi connectivity index (χ2v) is 21.5. The molecule has 5 heterocycles. The summed E-state index contributed by atoms with van der Waals surface area (Å²) in [5.74, 6) is -6.75. The van der Waals surface area contributed by atoms with Crippen LogP contribution in [0.25, 0.3) is 32.9 Å². The summed E-state index contributed by atoms with van der Waals surface area (Å²) in [6, 6.07) is 8.08. The van der Waals surface area contributed by atoms with E-state index < -0.39 is 52.7 Å². The number of fused-ring (bicyclic) bond motifs is 4. The Morgan fingerprint density at radius 2 is 1.52 bits per heavy atom. The molecular weight excluding hydrogens is 1040 g/mol. The molecule has 1 saturated carbocycles. The average Bonchev–Trinajstić information content (AvgIpc) is 4.32. The smallest absolute Gasteiger partial charge is 0.325 e. The zero-order valence-corrected chi connectivity index (χ0v) is 45.3. The number of unbranched alkanes of at least 4 members (excludes halogenated alkanes) is 8. The number of alkyl halides is 2. The van der Waals surface area contributed by atoms with Gasteiger partial charge < -0.3 is 30.9 Å². The minimum Gasteiger partial charge on any atom is -0.468 e. The van der Waals surface area contributed by atoms with Crippen molar-refractivity contribution in [1.29, 1.82) is 0 Å². The number of aromatic amines is 1. The molecule has 1 saturated heterocycles. The number of hydrogen-bond acceptors (Lipinski definition) is 12. The molecule has 6 aromatic rings. The van der Waals surface area contributed by atoms with Crippen LogP contribution in [0.3, 0.4) is 0 Å². The first kappa shape index (κ1) is 56.8. The van der Waals surface area contributed by atoms with Crippen LogP contribution >= 0.6 is 0 Å². The molecule has 3 aliphatic rings. The minimum absolute atomic E-state index is 0.0349. The first-order valence-electron chi connectivity index (χ1n) is 27.6. The number of nitrogens with one attached hydrogen (secondary N) is 5. The fraction of sp³-hybridized carbons (Fsp3) is 0.518. The van der Waals surface area contributed by atoms with E-state index in [1.54, 1.807) is 50.5 Å². The molecule has 2 fully saturated rings. The van der Waals surface area contributed by atoms with Crippen LogP contribution in [0, 0.1) is 24.1 Å². The lowest BCUT2D eigenvalue weighted by Crippen LogP contribution is -2.40. The number of methoxy groups -OCH3 is 1. The normalized spacial score (nSPS) is 17.4. The van der Waals surface area contributed by atoms with Crippen LogP contribution in [0.2, 0.25) is 0 Å². The van der Waals surface area contributed by atoms with E-state index in [2.05, 4.69) is 51.5 Å². The van der Waals surface area contributed by atoms with E-state index >= 15 is 4.39 Å². The summed E-state index contributed by atoms with van der Waals surface area (Å²) in [6.07, 6.45) is 15.9. The van der Waals surface area contributed by atoms with Crippen LogP contribution in [0.4, 0.5) is 18.9 Å². The Kier molecular flexibility index (Phi) is 17.5. The number of halogens is 3. The van der Waals surface area contributed by atoms with Crippen molar-refractivity contribution in [2.45, 2.75) is 135 Å². The van der Waals surface area contributed by atoms with E-state index in [4.69, 9.17) is 0 Å². The molecule has 2 atom stereocenters. The van der Waals surface area contributed by atoms with Crippen molar-refractivity contribution in [1.82, 2.24) is 60.4 Å². The SMILES string of the molecule is COC(=O)CNC(=O)CNC(=O)Cn1nc(C)c2c(-c3cc4c(cnn4C(=O)CCC(=O)NCCCCCCCCCCCC(=O)N4CCC(n5cc(NC(=O)c6n[nH]c7c6C[C@H]6C(F)(F)[C@@]6(C)C7)cn5)CC4)cc3F)cccc21. The first-order valence-corrected chi connectivity index (χ1v) is 27.6. The maximum Gasteiger partial charge on any atom is 0.325 e. The van der Waals surface area contributed by atoms with E-state index in [0.29, 0.717) is 76.1 Å². The quantitative estimate of drug-likeness (QED) is 0.0295. The molecule has 2 aliphatic carbocycles. The fourth-order valence-electron chi connectivity index (χ4n) is 11.3. The molecule has 9 rings (SSSR count). The van der Waals surface area contributed by atoms with Crippen LogP contribution in [0.1, 0.15) is 135 Å². The third-order valence-corrected chi connectivity index (χ3v) is 16.0. The maximum absolute atomic E-state index is 15.8. The number of carbonyl (C=O) groups is 7. The van der Waals surface area contributed by atoms with Crippen molar-refractivity contribution in [3.05, 3.63) is 77.4 Å². The largest absolute Gasteiger partial charge is 0.468 e. The van der Waals surface area contributed by atoms with Gasteiger partial charge in [0.25, 0.3) is 11.8 Å². The summed E-state index contributed by atoms with van der Waals surface area (Å²) in [4.78, 5) is 90.2. The molecule has 0 spiro atoms. The Balaban J connectivity index is 0.614. The van der Waals surface area contributed by atoms with Gasteiger partial charge in [0.1, 0.15) is 18.9 Å². The van der Waals surface area contributed by atoms with Gasteiger partial charge >= 0.3 is 5.97 Å². The minimum atomic E-state index is -2.74. The van der Waals surface area contributed by atoms with Crippen molar-refractivity contribution >= 4 is 68.9 Å². The Morgan fingerprint density at radius 1 is 0.800 bits per heavy atom. The Labute approximate surface area is 459 Å². The molecule has 80 heavy (non-hydrogen) atoms.